The Morgan fingerprint density at radius 2 is 1.91 bits per heavy atom. The summed E-state index contributed by atoms with van der Waals surface area (Å²) in [6.07, 6.45) is -7.30. The van der Waals surface area contributed by atoms with Crippen LogP contribution in [0.5, 0.6) is 0 Å². The molecule has 1 fully saturated rings. The summed E-state index contributed by atoms with van der Waals surface area (Å²) in [6, 6.07) is -1.08. The molecule has 1 amide bonds. The van der Waals surface area contributed by atoms with Crippen LogP contribution >= 0.6 is 0 Å². The standard InChI is InChI=1S/C13H23NO8/c1-6(16)2-3-9(19)14-11-7(17)4-10(20)22-13(11)12(21)8(18)5-15/h7-8,10-13,15,17-18,20-21H,2-5H2,1H3,(H,14,19). The van der Waals surface area contributed by atoms with Gasteiger partial charge in [-0.3, -0.25) is 4.79 Å². The van der Waals surface area contributed by atoms with Gasteiger partial charge in [0.1, 0.15) is 24.1 Å². The van der Waals surface area contributed by atoms with Gasteiger partial charge in [-0.15, -0.1) is 0 Å². The lowest BCUT2D eigenvalue weighted by molar-refractivity contribution is -0.236. The van der Waals surface area contributed by atoms with Crippen molar-refractivity contribution in [3.63, 3.8) is 0 Å². The summed E-state index contributed by atoms with van der Waals surface area (Å²) in [5.41, 5.74) is 0. The number of hydrogen-bond donors (Lipinski definition) is 6. The van der Waals surface area contributed by atoms with Crippen LogP contribution in [0.4, 0.5) is 0 Å². The molecule has 1 aliphatic heterocycles. The van der Waals surface area contributed by atoms with Crippen molar-refractivity contribution in [2.45, 2.75) is 62.9 Å². The fourth-order valence-electron chi connectivity index (χ4n) is 2.24. The zero-order valence-electron chi connectivity index (χ0n) is 12.3. The molecule has 0 bridgehead atoms. The maximum atomic E-state index is 11.8. The number of aliphatic hydroxyl groups excluding tert-OH is 5. The van der Waals surface area contributed by atoms with E-state index in [1.165, 1.54) is 6.92 Å². The molecular weight excluding hydrogens is 298 g/mol. The van der Waals surface area contributed by atoms with Gasteiger partial charge in [0.05, 0.1) is 18.8 Å². The number of hydrogen-bond acceptors (Lipinski definition) is 8. The van der Waals surface area contributed by atoms with Crippen molar-refractivity contribution in [1.29, 1.82) is 0 Å². The van der Waals surface area contributed by atoms with E-state index in [1.807, 2.05) is 0 Å². The van der Waals surface area contributed by atoms with Gasteiger partial charge in [-0.1, -0.05) is 0 Å². The number of Topliss-reactive ketones (excluding diaryl/α,β-unsaturated/α-hetero) is 1. The molecule has 0 radical (unpaired) electrons. The zero-order valence-corrected chi connectivity index (χ0v) is 12.3. The first-order valence-electron chi connectivity index (χ1n) is 7.03. The van der Waals surface area contributed by atoms with E-state index in [1.54, 1.807) is 0 Å². The molecule has 0 aromatic heterocycles. The van der Waals surface area contributed by atoms with Crippen molar-refractivity contribution in [2.75, 3.05) is 6.61 Å². The molecule has 1 saturated heterocycles. The Balaban J connectivity index is 2.76. The number of ether oxygens (including phenoxy) is 1. The van der Waals surface area contributed by atoms with E-state index in [9.17, 15) is 30.0 Å². The summed E-state index contributed by atoms with van der Waals surface area (Å²) in [5, 5.41) is 50.1. The van der Waals surface area contributed by atoms with Crippen molar-refractivity contribution >= 4 is 11.7 Å². The van der Waals surface area contributed by atoms with Crippen molar-refractivity contribution < 1.29 is 39.9 Å². The van der Waals surface area contributed by atoms with Gasteiger partial charge in [-0.2, -0.15) is 0 Å². The molecule has 1 aliphatic rings. The van der Waals surface area contributed by atoms with Crippen LogP contribution in [0.25, 0.3) is 0 Å². The first-order valence-corrected chi connectivity index (χ1v) is 7.03. The fourth-order valence-corrected chi connectivity index (χ4v) is 2.24. The Morgan fingerprint density at radius 3 is 2.45 bits per heavy atom. The lowest BCUT2D eigenvalue weighted by Crippen LogP contribution is -2.62. The topological polar surface area (TPSA) is 157 Å². The highest BCUT2D eigenvalue weighted by atomic mass is 16.6. The number of ketones is 1. The van der Waals surface area contributed by atoms with E-state index >= 15 is 0 Å². The molecule has 128 valence electrons. The lowest BCUT2D eigenvalue weighted by Gasteiger charge is -2.41. The highest BCUT2D eigenvalue weighted by Gasteiger charge is 2.43. The number of amides is 1. The zero-order chi connectivity index (χ0) is 16.9. The summed E-state index contributed by atoms with van der Waals surface area (Å²) in [5.74, 6) is -0.701. The SMILES string of the molecule is CC(=O)CCC(=O)NC1C(O)CC(O)OC1C(O)C(O)CO. The Morgan fingerprint density at radius 1 is 1.27 bits per heavy atom. The second-order valence-corrected chi connectivity index (χ2v) is 5.39. The largest absolute Gasteiger partial charge is 0.394 e. The van der Waals surface area contributed by atoms with Crippen LogP contribution in [0.1, 0.15) is 26.2 Å². The molecule has 22 heavy (non-hydrogen) atoms. The molecule has 6 atom stereocenters. The highest BCUT2D eigenvalue weighted by molar-refractivity contribution is 5.83. The minimum atomic E-state index is -1.62. The van der Waals surface area contributed by atoms with Crippen molar-refractivity contribution in [1.82, 2.24) is 5.32 Å². The van der Waals surface area contributed by atoms with Crippen LogP contribution in [0.3, 0.4) is 0 Å². The van der Waals surface area contributed by atoms with Crippen molar-refractivity contribution in [2.24, 2.45) is 0 Å². The van der Waals surface area contributed by atoms with Gasteiger partial charge >= 0.3 is 0 Å². The van der Waals surface area contributed by atoms with Crippen LogP contribution < -0.4 is 5.32 Å². The molecule has 0 aliphatic carbocycles. The van der Waals surface area contributed by atoms with Gasteiger partial charge in [0.15, 0.2) is 6.29 Å². The summed E-state index contributed by atoms with van der Waals surface area (Å²) in [4.78, 5) is 22.6. The maximum Gasteiger partial charge on any atom is 0.220 e. The van der Waals surface area contributed by atoms with Gasteiger partial charge in [-0.25, -0.2) is 0 Å². The molecule has 6 N–H and O–H groups in total. The average molecular weight is 321 g/mol. The third-order valence-corrected chi connectivity index (χ3v) is 3.48. The summed E-state index contributed by atoms with van der Waals surface area (Å²) >= 11 is 0. The third kappa shape index (κ3) is 5.27. The molecular formula is C13H23NO8. The minimum Gasteiger partial charge on any atom is -0.394 e. The number of aliphatic hydroxyl groups is 5. The van der Waals surface area contributed by atoms with Gasteiger partial charge < -0.3 is 40.4 Å². The van der Waals surface area contributed by atoms with Crippen LogP contribution in [-0.2, 0) is 14.3 Å². The number of rotatable bonds is 7. The number of nitrogens with one attached hydrogen (secondary N) is 1. The van der Waals surface area contributed by atoms with Crippen LogP contribution in [0, 0.1) is 0 Å². The molecule has 0 aromatic carbocycles. The predicted molar refractivity (Wildman–Crippen MR) is 72.4 cm³/mol. The Bertz CT molecular complexity index is 390. The normalized spacial score (nSPS) is 31.4. The first kappa shape index (κ1) is 18.9. The van der Waals surface area contributed by atoms with E-state index in [2.05, 4.69) is 5.32 Å². The smallest absolute Gasteiger partial charge is 0.220 e. The van der Waals surface area contributed by atoms with Crippen LogP contribution in [-0.4, -0.2) is 80.6 Å². The van der Waals surface area contributed by atoms with E-state index < -0.39 is 49.3 Å². The second kappa shape index (κ2) is 8.51. The molecule has 1 rings (SSSR count). The molecule has 0 aromatic rings. The summed E-state index contributed by atoms with van der Waals surface area (Å²) in [7, 11) is 0. The molecule has 9 heteroatoms. The van der Waals surface area contributed by atoms with E-state index in [0.717, 1.165) is 0 Å². The van der Waals surface area contributed by atoms with Crippen LogP contribution in [0.2, 0.25) is 0 Å². The van der Waals surface area contributed by atoms with Gasteiger partial charge in [-0.05, 0) is 6.92 Å². The maximum absolute atomic E-state index is 11.8. The molecule has 0 spiro atoms. The second-order valence-electron chi connectivity index (χ2n) is 5.39. The van der Waals surface area contributed by atoms with Crippen LogP contribution in [0.15, 0.2) is 0 Å². The molecule has 6 unspecified atom stereocenters. The molecule has 9 nitrogen and oxygen atoms in total. The number of carbonyl (C=O) groups excluding carboxylic acids is 2. The van der Waals surface area contributed by atoms with Crippen molar-refractivity contribution in [3.8, 4) is 0 Å². The van der Waals surface area contributed by atoms with E-state index in [0.29, 0.717) is 0 Å². The predicted octanol–water partition coefficient (Wildman–Crippen LogP) is -2.98. The quantitative estimate of drug-likeness (QED) is 0.290. The summed E-state index contributed by atoms with van der Waals surface area (Å²) in [6.45, 7) is 0.588. The van der Waals surface area contributed by atoms with Crippen molar-refractivity contribution in [3.05, 3.63) is 0 Å². The average Bonchev–Trinajstić information content (AvgIpc) is 2.45. The monoisotopic (exact) mass is 321 g/mol. The van der Waals surface area contributed by atoms with Gasteiger partial charge in [0, 0.05) is 19.3 Å². The molecule has 0 saturated carbocycles. The lowest BCUT2D eigenvalue weighted by atomic mass is 9.92. The highest BCUT2D eigenvalue weighted by Crippen LogP contribution is 2.23. The first-order chi connectivity index (χ1) is 10.3. The number of carbonyl (C=O) groups is 2. The Hall–Kier alpha value is -1.10. The van der Waals surface area contributed by atoms with E-state index in [-0.39, 0.29) is 25.0 Å². The fraction of sp³-hybridized carbons (Fsp3) is 0.846. The van der Waals surface area contributed by atoms with Gasteiger partial charge in [0.25, 0.3) is 0 Å². The Kier molecular flexibility index (Phi) is 7.33. The Labute approximate surface area is 127 Å². The minimum absolute atomic E-state index is 0.0324. The third-order valence-electron chi connectivity index (χ3n) is 3.48. The van der Waals surface area contributed by atoms with E-state index in [4.69, 9.17) is 9.84 Å². The molecule has 1 heterocycles. The van der Waals surface area contributed by atoms with Gasteiger partial charge in [0.2, 0.25) is 5.91 Å². The summed E-state index contributed by atoms with van der Waals surface area (Å²) < 4.78 is 5.07.